The predicted octanol–water partition coefficient (Wildman–Crippen LogP) is 1.93. The Labute approximate surface area is 106 Å². The van der Waals surface area contributed by atoms with Gasteiger partial charge in [0, 0.05) is 22.4 Å². The van der Waals surface area contributed by atoms with Crippen molar-refractivity contribution in [2.75, 3.05) is 0 Å². The molecule has 0 aliphatic heterocycles. The van der Waals surface area contributed by atoms with Gasteiger partial charge in [0.15, 0.2) is 5.82 Å². The Bertz CT molecular complexity index is 506. The van der Waals surface area contributed by atoms with Gasteiger partial charge in [-0.2, -0.15) is 0 Å². The van der Waals surface area contributed by atoms with E-state index in [0.29, 0.717) is 11.4 Å². The molecule has 0 aliphatic carbocycles. The van der Waals surface area contributed by atoms with Gasteiger partial charge < -0.3 is 0 Å². The second-order valence-corrected chi connectivity index (χ2v) is 4.29. The van der Waals surface area contributed by atoms with Gasteiger partial charge in [-0.25, -0.2) is 19.8 Å². The summed E-state index contributed by atoms with van der Waals surface area (Å²) in [5.74, 6) is 5.51. The van der Waals surface area contributed by atoms with Gasteiger partial charge in [0.2, 0.25) is 0 Å². The Kier molecular flexibility index (Phi) is 3.78. The largest absolute Gasteiger partial charge is 0.270 e. The summed E-state index contributed by atoms with van der Waals surface area (Å²) < 4.78 is 14.5. The summed E-state index contributed by atoms with van der Waals surface area (Å²) >= 11 is 3.29. The quantitative estimate of drug-likeness (QED) is 0.671. The molecule has 17 heavy (non-hydrogen) atoms. The fourth-order valence-corrected chi connectivity index (χ4v) is 1.88. The van der Waals surface area contributed by atoms with Gasteiger partial charge in [-0.1, -0.05) is 15.9 Å². The topological polar surface area (TPSA) is 63.8 Å². The molecule has 0 spiro atoms. The standard InChI is InChI=1S/C11H10BrFN4/c12-7-2-3-9(13)8(6-7)10(17-14)11-15-4-1-5-16-11/h1-6,10,17H,14H2. The van der Waals surface area contributed by atoms with E-state index in [1.807, 2.05) is 0 Å². The Hall–Kier alpha value is -1.37. The van der Waals surface area contributed by atoms with Crippen molar-refractivity contribution in [1.29, 1.82) is 0 Å². The van der Waals surface area contributed by atoms with Crippen molar-refractivity contribution >= 4 is 15.9 Å². The third kappa shape index (κ3) is 2.66. The van der Waals surface area contributed by atoms with Crippen LogP contribution in [0.1, 0.15) is 17.4 Å². The minimum Gasteiger partial charge on any atom is -0.270 e. The monoisotopic (exact) mass is 296 g/mol. The first kappa shape index (κ1) is 12.1. The molecule has 0 radical (unpaired) electrons. The second-order valence-electron chi connectivity index (χ2n) is 3.37. The van der Waals surface area contributed by atoms with E-state index < -0.39 is 6.04 Å². The molecular formula is C11H10BrFN4. The van der Waals surface area contributed by atoms with Crippen LogP contribution in [0.15, 0.2) is 41.1 Å². The van der Waals surface area contributed by atoms with Crippen LogP contribution in [0.25, 0.3) is 0 Å². The lowest BCUT2D eigenvalue weighted by molar-refractivity contribution is 0.543. The average Bonchev–Trinajstić information content (AvgIpc) is 2.36. The molecule has 3 N–H and O–H groups in total. The number of nitrogens with zero attached hydrogens (tertiary/aromatic N) is 2. The van der Waals surface area contributed by atoms with E-state index in [9.17, 15) is 4.39 Å². The van der Waals surface area contributed by atoms with E-state index in [1.165, 1.54) is 6.07 Å². The molecule has 0 amide bonds. The highest BCUT2D eigenvalue weighted by Crippen LogP contribution is 2.24. The van der Waals surface area contributed by atoms with Crippen LogP contribution in [-0.2, 0) is 0 Å². The van der Waals surface area contributed by atoms with E-state index in [4.69, 9.17) is 5.84 Å². The van der Waals surface area contributed by atoms with Crippen molar-refractivity contribution in [2.45, 2.75) is 6.04 Å². The molecule has 2 aromatic rings. The summed E-state index contributed by atoms with van der Waals surface area (Å²) in [6.45, 7) is 0. The number of halogens is 2. The van der Waals surface area contributed by atoms with Crippen molar-refractivity contribution in [1.82, 2.24) is 15.4 Å². The van der Waals surface area contributed by atoms with Gasteiger partial charge >= 0.3 is 0 Å². The third-order valence-electron chi connectivity index (χ3n) is 2.28. The number of aromatic nitrogens is 2. The minimum atomic E-state index is -0.575. The zero-order valence-corrected chi connectivity index (χ0v) is 10.4. The van der Waals surface area contributed by atoms with Gasteiger partial charge in [0.25, 0.3) is 0 Å². The number of benzene rings is 1. The Morgan fingerprint density at radius 3 is 2.65 bits per heavy atom. The molecule has 0 bridgehead atoms. The average molecular weight is 297 g/mol. The summed E-state index contributed by atoms with van der Waals surface area (Å²) in [7, 11) is 0. The van der Waals surface area contributed by atoms with Gasteiger partial charge in [-0.05, 0) is 24.3 Å². The Balaban J connectivity index is 2.46. The maximum Gasteiger partial charge on any atom is 0.151 e. The Morgan fingerprint density at radius 1 is 1.29 bits per heavy atom. The number of nitrogens with one attached hydrogen (secondary N) is 1. The van der Waals surface area contributed by atoms with E-state index in [0.717, 1.165) is 4.47 Å². The number of nitrogens with two attached hydrogens (primary N) is 1. The SMILES string of the molecule is NNC(c1ncccn1)c1cc(Br)ccc1F. The summed E-state index contributed by atoms with van der Waals surface area (Å²) in [6, 6.07) is 5.75. The van der Waals surface area contributed by atoms with Crippen molar-refractivity contribution in [3.05, 3.63) is 58.3 Å². The van der Waals surface area contributed by atoms with E-state index in [1.54, 1.807) is 30.6 Å². The highest BCUT2D eigenvalue weighted by Gasteiger charge is 2.19. The first-order valence-corrected chi connectivity index (χ1v) is 5.69. The number of hydrazine groups is 1. The smallest absolute Gasteiger partial charge is 0.151 e. The van der Waals surface area contributed by atoms with Crippen LogP contribution < -0.4 is 11.3 Å². The zero-order valence-electron chi connectivity index (χ0n) is 8.77. The van der Waals surface area contributed by atoms with Crippen LogP contribution in [0.5, 0.6) is 0 Å². The van der Waals surface area contributed by atoms with Crippen LogP contribution >= 0.6 is 15.9 Å². The molecule has 88 valence electrons. The van der Waals surface area contributed by atoms with Crippen LogP contribution in [0.4, 0.5) is 4.39 Å². The molecule has 1 heterocycles. The lowest BCUT2D eigenvalue weighted by atomic mass is 10.1. The third-order valence-corrected chi connectivity index (χ3v) is 2.77. The van der Waals surface area contributed by atoms with Crippen LogP contribution in [0.2, 0.25) is 0 Å². The van der Waals surface area contributed by atoms with Gasteiger partial charge in [-0.15, -0.1) is 0 Å². The van der Waals surface area contributed by atoms with Crippen LogP contribution in [-0.4, -0.2) is 9.97 Å². The first-order valence-electron chi connectivity index (χ1n) is 4.90. The van der Waals surface area contributed by atoms with E-state index in [-0.39, 0.29) is 5.82 Å². The molecule has 1 unspecified atom stereocenters. The highest BCUT2D eigenvalue weighted by atomic mass is 79.9. The Morgan fingerprint density at radius 2 is 2.00 bits per heavy atom. The lowest BCUT2D eigenvalue weighted by Gasteiger charge is -2.15. The van der Waals surface area contributed by atoms with Gasteiger partial charge in [0.1, 0.15) is 11.9 Å². The molecule has 0 saturated heterocycles. The molecule has 6 heteroatoms. The number of rotatable bonds is 3. The van der Waals surface area contributed by atoms with Gasteiger partial charge in [-0.3, -0.25) is 5.84 Å². The molecular weight excluding hydrogens is 287 g/mol. The molecule has 1 aromatic carbocycles. The van der Waals surface area contributed by atoms with E-state index in [2.05, 4.69) is 31.3 Å². The highest BCUT2D eigenvalue weighted by molar-refractivity contribution is 9.10. The minimum absolute atomic E-state index is 0.358. The molecule has 1 aromatic heterocycles. The van der Waals surface area contributed by atoms with Crippen molar-refractivity contribution in [3.8, 4) is 0 Å². The second kappa shape index (κ2) is 5.31. The molecule has 0 aliphatic rings. The summed E-state index contributed by atoms with van der Waals surface area (Å²) in [5.41, 5.74) is 2.91. The summed E-state index contributed by atoms with van der Waals surface area (Å²) in [5, 5.41) is 0. The van der Waals surface area contributed by atoms with Crippen molar-refractivity contribution < 1.29 is 4.39 Å². The summed E-state index contributed by atoms with van der Waals surface area (Å²) in [6.07, 6.45) is 3.17. The fraction of sp³-hybridized carbons (Fsp3) is 0.0909. The summed E-state index contributed by atoms with van der Waals surface area (Å²) in [4.78, 5) is 8.12. The molecule has 0 fully saturated rings. The normalized spacial score (nSPS) is 12.4. The number of hydrogen-bond acceptors (Lipinski definition) is 4. The number of hydrogen-bond donors (Lipinski definition) is 2. The van der Waals surface area contributed by atoms with Gasteiger partial charge in [0.05, 0.1) is 0 Å². The lowest BCUT2D eigenvalue weighted by Crippen LogP contribution is -2.30. The van der Waals surface area contributed by atoms with Crippen LogP contribution in [0.3, 0.4) is 0 Å². The maximum absolute atomic E-state index is 13.7. The van der Waals surface area contributed by atoms with Crippen molar-refractivity contribution in [2.24, 2.45) is 5.84 Å². The fourth-order valence-electron chi connectivity index (χ4n) is 1.50. The maximum atomic E-state index is 13.7. The molecule has 2 rings (SSSR count). The molecule has 1 atom stereocenters. The van der Waals surface area contributed by atoms with Crippen LogP contribution in [0, 0.1) is 5.82 Å². The molecule has 4 nitrogen and oxygen atoms in total. The van der Waals surface area contributed by atoms with Crippen molar-refractivity contribution in [3.63, 3.8) is 0 Å². The van der Waals surface area contributed by atoms with E-state index >= 15 is 0 Å². The first-order chi connectivity index (χ1) is 8.22. The predicted molar refractivity (Wildman–Crippen MR) is 65.3 cm³/mol. The zero-order chi connectivity index (χ0) is 12.3. The molecule has 0 saturated carbocycles.